The highest BCUT2D eigenvalue weighted by atomic mass is 16.4. The number of nitrogens with one attached hydrogen (secondary N) is 1. The van der Waals surface area contributed by atoms with Crippen LogP contribution in [-0.4, -0.2) is 27.1 Å². The van der Waals surface area contributed by atoms with E-state index >= 15 is 0 Å². The second-order valence-electron chi connectivity index (χ2n) is 3.41. The quantitative estimate of drug-likeness (QED) is 0.554. The van der Waals surface area contributed by atoms with Crippen LogP contribution in [0.1, 0.15) is 24.2 Å². The maximum absolute atomic E-state index is 11.6. The number of nitrogens with zero attached hydrogens (tertiary/aromatic N) is 1. The van der Waals surface area contributed by atoms with Crippen molar-refractivity contribution in [2.45, 2.75) is 13.8 Å². The van der Waals surface area contributed by atoms with Crippen LogP contribution in [0, 0.1) is 11.8 Å². The zero-order chi connectivity index (χ0) is 10.7. The molecule has 0 aromatic carbocycles. The fourth-order valence-corrected chi connectivity index (χ4v) is 1.27. The van der Waals surface area contributed by atoms with Gasteiger partial charge in [0.2, 0.25) is 0 Å². The minimum absolute atomic E-state index is 0.227. The minimum Gasteiger partial charge on any atom is -0.481 e. The van der Waals surface area contributed by atoms with E-state index in [0.29, 0.717) is 5.56 Å². The summed E-state index contributed by atoms with van der Waals surface area (Å²) in [5.74, 6) is -2.71. The number of H-pyrrole nitrogens is 1. The Hall–Kier alpha value is -1.65. The Morgan fingerprint density at radius 3 is 2.50 bits per heavy atom. The fourth-order valence-electron chi connectivity index (χ4n) is 1.27. The number of hydrogen-bond donors (Lipinski definition) is 2. The Morgan fingerprint density at radius 2 is 2.14 bits per heavy atom. The second kappa shape index (κ2) is 4.04. The van der Waals surface area contributed by atoms with Crippen molar-refractivity contribution in [1.29, 1.82) is 0 Å². The first-order chi connectivity index (χ1) is 6.54. The number of carbonyl (C=O) groups is 2. The molecule has 1 atom stereocenters. The molecule has 1 aromatic rings. The molecule has 14 heavy (non-hydrogen) atoms. The molecule has 0 radical (unpaired) electrons. The normalized spacial score (nSPS) is 12.8. The van der Waals surface area contributed by atoms with E-state index in [1.165, 1.54) is 12.4 Å². The minimum atomic E-state index is -1.09. The molecule has 76 valence electrons. The third-order valence-corrected chi connectivity index (χ3v) is 2.00. The van der Waals surface area contributed by atoms with Crippen molar-refractivity contribution in [3.8, 4) is 0 Å². The SMILES string of the molecule is CC(C)C(C(=O)O)C(=O)c1cn[nH]c1. The maximum atomic E-state index is 11.6. The number of Topliss-reactive ketones (excluding diaryl/α,β-unsaturated/α-hetero) is 1. The summed E-state index contributed by atoms with van der Waals surface area (Å²) in [6.45, 7) is 3.41. The van der Waals surface area contributed by atoms with E-state index in [2.05, 4.69) is 10.2 Å². The van der Waals surface area contributed by atoms with Crippen LogP contribution in [0.3, 0.4) is 0 Å². The van der Waals surface area contributed by atoms with Crippen molar-refractivity contribution in [1.82, 2.24) is 10.2 Å². The molecule has 0 spiro atoms. The number of carboxylic acids is 1. The lowest BCUT2D eigenvalue weighted by Gasteiger charge is -2.13. The molecule has 1 aromatic heterocycles. The van der Waals surface area contributed by atoms with Crippen molar-refractivity contribution >= 4 is 11.8 Å². The van der Waals surface area contributed by atoms with Gasteiger partial charge < -0.3 is 5.11 Å². The molecule has 0 fully saturated rings. The van der Waals surface area contributed by atoms with Gasteiger partial charge in [-0.25, -0.2) is 0 Å². The molecule has 0 amide bonds. The Balaban J connectivity index is 2.91. The van der Waals surface area contributed by atoms with Crippen molar-refractivity contribution in [3.05, 3.63) is 18.0 Å². The van der Waals surface area contributed by atoms with Crippen LogP contribution in [0.15, 0.2) is 12.4 Å². The zero-order valence-corrected chi connectivity index (χ0v) is 8.02. The van der Waals surface area contributed by atoms with Crippen LogP contribution in [0.4, 0.5) is 0 Å². The summed E-state index contributed by atoms with van der Waals surface area (Å²) < 4.78 is 0. The Labute approximate surface area is 81.1 Å². The number of carboxylic acid groups (broad SMARTS) is 1. The molecular weight excluding hydrogens is 184 g/mol. The van der Waals surface area contributed by atoms with Gasteiger partial charge >= 0.3 is 5.97 Å². The molecule has 1 heterocycles. The van der Waals surface area contributed by atoms with Crippen LogP contribution < -0.4 is 0 Å². The van der Waals surface area contributed by atoms with Crippen LogP contribution in [-0.2, 0) is 4.79 Å². The predicted molar refractivity (Wildman–Crippen MR) is 48.9 cm³/mol. The van der Waals surface area contributed by atoms with Crippen LogP contribution in [0.2, 0.25) is 0 Å². The van der Waals surface area contributed by atoms with Crippen molar-refractivity contribution in [2.75, 3.05) is 0 Å². The smallest absolute Gasteiger partial charge is 0.314 e. The summed E-state index contributed by atoms with van der Waals surface area (Å²) in [7, 11) is 0. The van der Waals surface area contributed by atoms with Gasteiger partial charge in [-0.15, -0.1) is 0 Å². The largest absolute Gasteiger partial charge is 0.481 e. The topological polar surface area (TPSA) is 83.0 Å². The standard InChI is InChI=1S/C9H12N2O3/c1-5(2)7(9(13)14)8(12)6-3-10-11-4-6/h3-5,7H,1-2H3,(H,10,11)(H,13,14). The Kier molecular flexibility index (Phi) is 3.01. The average Bonchev–Trinajstić information content (AvgIpc) is 2.53. The number of aromatic amines is 1. The number of aromatic nitrogens is 2. The molecule has 1 rings (SSSR count). The number of aliphatic carboxylic acids is 1. The third-order valence-electron chi connectivity index (χ3n) is 2.00. The molecule has 0 saturated heterocycles. The van der Waals surface area contributed by atoms with Crippen molar-refractivity contribution < 1.29 is 14.7 Å². The van der Waals surface area contributed by atoms with Crippen LogP contribution >= 0.6 is 0 Å². The summed E-state index contributed by atoms with van der Waals surface area (Å²) in [6, 6.07) is 0. The Bertz CT molecular complexity index is 330. The van der Waals surface area contributed by atoms with Gasteiger partial charge in [0.25, 0.3) is 0 Å². The Morgan fingerprint density at radius 1 is 1.50 bits per heavy atom. The number of carbonyl (C=O) groups excluding carboxylic acids is 1. The van der Waals surface area contributed by atoms with Gasteiger partial charge in [0.15, 0.2) is 5.78 Å². The van der Waals surface area contributed by atoms with E-state index in [1.807, 2.05) is 0 Å². The summed E-state index contributed by atoms with van der Waals surface area (Å²) >= 11 is 0. The molecule has 5 nitrogen and oxygen atoms in total. The molecule has 2 N–H and O–H groups in total. The molecular formula is C9H12N2O3. The van der Waals surface area contributed by atoms with Gasteiger partial charge in [0.1, 0.15) is 5.92 Å². The lowest BCUT2D eigenvalue weighted by Crippen LogP contribution is -2.28. The van der Waals surface area contributed by atoms with E-state index in [0.717, 1.165) is 0 Å². The molecule has 0 bridgehead atoms. The molecule has 1 unspecified atom stereocenters. The summed E-state index contributed by atoms with van der Waals surface area (Å²) in [6.07, 6.45) is 2.74. The van der Waals surface area contributed by atoms with E-state index < -0.39 is 17.7 Å². The summed E-state index contributed by atoms with van der Waals surface area (Å²) in [5, 5.41) is 14.9. The molecule has 0 saturated carbocycles. The van der Waals surface area contributed by atoms with E-state index in [9.17, 15) is 9.59 Å². The first-order valence-electron chi connectivity index (χ1n) is 4.30. The predicted octanol–water partition coefficient (Wildman–Crippen LogP) is 0.949. The summed E-state index contributed by atoms with van der Waals surface area (Å²) in [4.78, 5) is 22.5. The fraction of sp³-hybridized carbons (Fsp3) is 0.444. The molecule has 0 aliphatic heterocycles. The number of rotatable bonds is 4. The average molecular weight is 196 g/mol. The van der Waals surface area contributed by atoms with E-state index in [1.54, 1.807) is 13.8 Å². The third kappa shape index (κ3) is 1.99. The van der Waals surface area contributed by atoms with Gasteiger partial charge in [0, 0.05) is 6.20 Å². The lowest BCUT2D eigenvalue weighted by molar-refractivity contribution is -0.141. The van der Waals surface area contributed by atoms with E-state index in [-0.39, 0.29) is 5.92 Å². The second-order valence-corrected chi connectivity index (χ2v) is 3.41. The summed E-state index contributed by atoms with van der Waals surface area (Å²) in [5.41, 5.74) is 0.311. The van der Waals surface area contributed by atoms with Gasteiger partial charge in [-0.2, -0.15) is 5.10 Å². The molecule has 0 aliphatic rings. The van der Waals surface area contributed by atoms with Crippen LogP contribution in [0.25, 0.3) is 0 Å². The van der Waals surface area contributed by atoms with Crippen molar-refractivity contribution in [2.24, 2.45) is 11.8 Å². The van der Waals surface area contributed by atoms with Gasteiger partial charge in [-0.05, 0) is 5.92 Å². The molecule has 0 aliphatic carbocycles. The number of ketones is 1. The van der Waals surface area contributed by atoms with Gasteiger partial charge in [-0.3, -0.25) is 14.7 Å². The first kappa shape index (κ1) is 10.4. The van der Waals surface area contributed by atoms with Crippen LogP contribution in [0.5, 0.6) is 0 Å². The lowest BCUT2D eigenvalue weighted by atomic mass is 9.89. The van der Waals surface area contributed by atoms with Gasteiger partial charge in [0.05, 0.1) is 11.8 Å². The van der Waals surface area contributed by atoms with Gasteiger partial charge in [-0.1, -0.05) is 13.8 Å². The maximum Gasteiger partial charge on any atom is 0.314 e. The first-order valence-corrected chi connectivity index (χ1v) is 4.30. The highest BCUT2D eigenvalue weighted by molar-refractivity contribution is 6.08. The highest BCUT2D eigenvalue weighted by Gasteiger charge is 2.30. The molecule has 5 heteroatoms. The number of hydrogen-bond acceptors (Lipinski definition) is 3. The monoisotopic (exact) mass is 196 g/mol. The highest BCUT2D eigenvalue weighted by Crippen LogP contribution is 2.16. The zero-order valence-electron chi connectivity index (χ0n) is 8.02. The van der Waals surface area contributed by atoms with E-state index in [4.69, 9.17) is 5.11 Å². The van der Waals surface area contributed by atoms with Crippen molar-refractivity contribution in [3.63, 3.8) is 0 Å².